The highest BCUT2D eigenvalue weighted by atomic mass is 32.2. The molecule has 1 N–H and O–H groups in total. The van der Waals surface area contributed by atoms with E-state index >= 15 is 0 Å². The molecule has 7 heteroatoms. The van der Waals surface area contributed by atoms with Gasteiger partial charge in [0.15, 0.2) is 0 Å². The van der Waals surface area contributed by atoms with Gasteiger partial charge in [0.05, 0.1) is 6.26 Å². The minimum Gasteiger partial charge on any atom is -0.341 e. The third-order valence-corrected chi connectivity index (χ3v) is 4.64. The second kappa shape index (κ2) is 6.87. The second-order valence-electron chi connectivity index (χ2n) is 6.15. The van der Waals surface area contributed by atoms with Crippen molar-refractivity contribution in [3.8, 4) is 0 Å². The van der Waals surface area contributed by atoms with Gasteiger partial charge in [0.1, 0.15) is 0 Å². The number of likely N-dealkylation sites (tertiary alicyclic amines) is 1. The molecule has 0 aromatic carbocycles. The van der Waals surface area contributed by atoms with Crippen LogP contribution in [-0.4, -0.2) is 70.2 Å². The van der Waals surface area contributed by atoms with Crippen molar-refractivity contribution in [3.05, 3.63) is 0 Å². The molecular formula is C13H27N3O3S. The first kappa shape index (κ1) is 17.4. The molecule has 0 aromatic rings. The van der Waals surface area contributed by atoms with Gasteiger partial charge in [0, 0.05) is 32.1 Å². The molecular weight excluding hydrogens is 278 g/mol. The molecule has 0 aliphatic carbocycles. The number of sulfonamides is 1. The zero-order valence-corrected chi connectivity index (χ0v) is 13.9. The molecule has 0 aromatic heterocycles. The third kappa shape index (κ3) is 5.03. The van der Waals surface area contributed by atoms with E-state index in [9.17, 15) is 13.2 Å². The van der Waals surface area contributed by atoms with Gasteiger partial charge in [0.2, 0.25) is 15.9 Å². The number of amides is 1. The van der Waals surface area contributed by atoms with Crippen molar-refractivity contribution in [2.75, 3.05) is 40.0 Å². The Labute approximate surface area is 122 Å². The third-order valence-electron chi connectivity index (χ3n) is 3.91. The molecule has 20 heavy (non-hydrogen) atoms. The summed E-state index contributed by atoms with van der Waals surface area (Å²) in [6.07, 6.45) is 1.32. The van der Waals surface area contributed by atoms with Crippen LogP contribution >= 0.6 is 0 Å². The van der Waals surface area contributed by atoms with E-state index in [1.165, 1.54) is 0 Å². The summed E-state index contributed by atoms with van der Waals surface area (Å²) in [5.74, 6) is 1.02. The summed E-state index contributed by atoms with van der Waals surface area (Å²) in [4.78, 5) is 16.2. The largest absolute Gasteiger partial charge is 0.341 e. The first-order valence-corrected chi connectivity index (χ1v) is 8.89. The molecule has 1 heterocycles. The molecule has 0 radical (unpaired) electrons. The maximum atomic E-state index is 12.1. The number of hydrogen-bond donors (Lipinski definition) is 1. The molecule has 6 nitrogen and oxygen atoms in total. The Morgan fingerprint density at radius 1 is 1.35 bits per heavy atom. The average Bonchev–Trinajstić information content (AvgIpc) is 2.71. The van der Waals surface area contributed by atoms with E-state index < -0.39 is 10.0 Å². The molecule has 1 saturated heterocycles. The van der Waals surface area contributed by atoms with Gasteiger partial charge in [-0.1, -0.05) is 13.8 Å². The summed E-state index contributed by atoms with van der Waals surface area (Å²) in [5.41, 5.74) is 0. The minimum atomic E-state index is -3.22. The van der Waals surface area contributed by atoms with Crippen molar-refractivity contribution in [1.82, 2.24) is 14.5 Å². The predicted molar refractivity (Wildman–Crippen MR) is 79.8 cm³/mol. The van der Waals surface area contributed by atoms with Crippen LogP contribution in [0.3, 0.4) is 0 Å². The lowest BCUT2D eigenvalue weighted by Crippen LogP contribution is -2.38. The van der Waals surface area contributed by atoms with E-state index in [4.69, 9.17) is 0 Å². The summed E-state index contributed by atoms with van der Waals surface area (Å²) >= 11 is 0. The number of carbonyl (C=O) groups excluding carboxylic acids is 1. The summed E-state index contributed by atoms with van der Waals surface area (Å²) in [6.45, 7) is 6.03. The van der Waals surface area contributed by atoms with Gasteiger partial charge in [0.25, 0.3) is 0 Å². The van der Waals surface area contributed by atoms with E-state index in [1.54, 1.807) is 0 Å². The molecule has 0 spiro atoms. The molecule has 2 atom stereocenters. The number of carbonyl (C=O) groups is 1. The van der Waals surface area contributed by atoms with Gasteiger partial charge in [-0.15, -0.1) is 0 Å². The van der Waals surface area contributed by atoms with Crippen molar-refractivity contribution in [1.29, 1.82) is 0 Å². The lowest BCUT2D eigenvalue weighted by molar-refractivity contribution is -0.130. The Morgan fingerprint density at radius 3 is 2.35 bits per heavy atom. The molecule has 0 saturated carbocycles. The van der Waals surface area contributed by atoms with Crippen LogP contribution in [0.25, 0.3) is 0 Å². The highest BCUT2D eigenvalue weighted by Crippen LogP contribution is 2.27. The van der Waals surface area contributed by atoms with Crippen LogP contribution in [0.2, 0.25) is 0 Å². The van der Waals surface area contributed by atoms with Crippen LogP contribution < -0.4 is 4.72 Å². The van der Waals surface area contributed by atoms with Crippen LogP contribution in [0.1, 0.15) is 20.3 Å². The second-order valence-corrected chi connectivity index (χ2v) is 7.99. The lowest BCUT2D eigenvalue weighted by Gasteiger charge is -2.27. The molecule has 1 aliphatic heterocycles. The molecule has 118 valence electrons. The highest BCUT2D eigenvalue weighted by molar-refractivity contribution is 7.88. The fourth-order valence-corrected chi connectivity index (χ4v) is 3.19. The molecule has 1 aliphatic rings. The fourth-order valence-electron chi connectivity index (χ4n) is 2.72. The Balaban J connectivity index is 2.54. The SMILES string of the molecule is CC(C)[C@@H]1CN(C(=O)CCNS(C)(=O)=O)C[C@H]1N(C)C. The van der Waals surface area contributed by atoms with Gasteiger partial charge in [-0.2, -0.15) is 0 Å². The monoisotopic (exact) mass is 305 g/mol. The van der Waals surface area contributed by atoms with Gasteiger partial charge >= 0.3 is 0 Å². The number of nitrogens with one attached hydrogen (secondary N) is 1. The van der Waals surface area contributed by atoms with Crippen molar-refractivity contribution in [3.63, 3.8) is 0 Å². The van der Waals surface area contributed by atoms with E-state index in [-0.39, 0.29) is 18.9 Å². The summed E-state index contributed by atoms with van der Waals surface area (Å²) < 4.78 is 24.3. The van der Waals surface area contributed by atoms with Crippen molar-refractivity contribution >= 4 is 15.9 Å². The van der Waals surface area contributed by atoms with Crippen LogP contribution in [0.15, 0.2) is 0 Å². The molecule has 1 rings (SSSR count). The standard InChI is InChI=1S/C13H27N3O3S/c1-10(2)11-8-16(9-12(11)15(3)4)13(17)6-7-14-20(5,18)19/h10-12,14H,6-9H2,1-5H3/t11-,12+/m0/s1. The van der Waals surface area contributed by atoms with Gasteiger partial charge in [-0.05, 0) is 25.9 Å². The highest BCUT2D eigenvalue weighted by Gasteiger charge is 2.37. The van der Waals surface area contributed by atoms with Crippen molar-refractivity contribution in [2.24, 2.45) is 11.8 Å². The Kier molecular flexibility index (Phi) is 5.97. The molecule has 1 amide bonds. The molecule has 0 bridgehead atoms. The Bertz CT molecular complexity index is 418. The number of hydrogen-bond acceptors (Lipinski definition) is 4. The van der Waals surface area contributed by atoms with Crippen LogP contribution in [-0.2, 0) is 14.8 Å². The first-order chi connectivity index (χ1) is 9.11. The molecule has 0 unspecified atom stereocenters. The van der Waals surface area contributed by atoms with E-state index in [2.05, 4.69) is 23.5 Å². The normalized spacial score (nSPS) is 23.9. The maximum Gasteiger partial charge on any atom is 0.223 e. The van der Waals surface area contributed by atoms with Crippen molar-refractivity contribution in [2.45, 2.75) is 26.3 Å². The minimum absolute atomic E-state index is 0.0242. The summed E-state index contributed by atoms with van der Waals surface area (Å²) in [6, 6.07) is 0.377. The van der Waals surface area contributed by atoms with Gasteiger partial charge < -0.3 is 9.80 Å². The van der Waals surface area contributed by atoms with Crippen LogP contribution in [0, 0.1) is 11.8 Å². The zero-order valence-electron chi connectivity index (χ0n) is 13.1. The smallest absolute Gasteiger partial charge is 0.223 e. The maximum absolute atomic E-state index is 12.1. The summed E-state index contributed by atoms with van der Waals surface area (Å²) in [7, 11) is 0.861. The Hall–Kier alpha value is -0.660. The average molecular weight is 305 g/mol. The quantitative estimate of drug-likeness (QED) is 0.748. The van der Waals surface area contributed by atoms with Crippen molar-refractivity contribution < 1.29 is 13.2 Å². The van der Waals surface area contributed by atoms with E-state index in [0.717, 1.165) is 19.3 Å². The summed E-state index contributed by atoms with van der Waals surface area (Å²) in [5, 5.41) is 0. The van der Waals surface area contributed by atoms with Gasteiger partial charge in [-0.25, -0.2) is 13.1 Å². The predicted octanol–water partition coefficient (Wildman–Crippen LogP) is -0.0297. The van der Waals surface area contributed by atoms with Gasteiger partial charge in [-0.3, -0.25) is 4.79 Å². The van der Waals surface area contributed by atoms with E-state index in [1.807, 2.05) is 19.0 Å². The fraction of sp³-hybridized carbons (Fsp3) is 0.923. The van der Waals surface area contributed by atoms with Crippen LogP contribution in [0.5, 0.6) is 0 Å². The van der Waals surface area contributed by atoms with Crippen LogP contribution in [0.4, 0.5) is 0 Å². The molecule has 1 fully saturated rings. The number of likely N-dealkylation sites (N-methyl/N-ethyl adjacent to an activating group) is 1. The Morgan fingerprint density at radius 2 is 1.95 bits per heavy atom. The van der Waals surface area contributed by atoms with E-state index in [0.29, 0.717) is 17.9 Å². The topological polar surface area (TPSA) is 69.7 Å². The number of rotatable bonds is 6. The number of nitrogens with zero attached hydrogens (tertiary/aromatic N) is 2. The lowest BCUT2D eigenvalue weighted by atomic mass is 9.91. The zero-order chi connectivity index (χ0) is 15.5. The first-order valence-electron chi connectivity index (χ1n) is 7.00.